The molecular formula is C24H22F3N5O2. The molecule has 0 aliphatic carbocycles. The van der Waals surface area contributed by atoms with Gasteiger partial charge in [-0.25, -0.2) is 14.5 Å². The molecule has 0 aliphatic heterocycles. The van der Waals surface area contributed by atoms with Gasteiger partial charge in [-0.2, -0.15) is 18.3 Å². The molecule has 1 aromatic carbocycles. The zero-order valence-corrected chi connectivity index (χ0v) is 18.9. The fraction of sp³-hybridized carbons (Fsp3) is 0.250. The first-order valence-corrected chi connectivity index (χ1v) is 10.4. The highest BCUT2D eigenvalue weighted by molar-refractivity contribution is 5.96. The number of hydrogen-bond donors (Lipinski definition) is 1. The number of amides is 1. The lowest BCUT2D eigenvalue weighted by atomic mass is 9.95. The minimum absolute atomic E-state index is 0.323. The summed E-state index contributed by atoms with van der Waals surface area (Å²) in [4.78, 5) is 21.1. The van der Waals surface area contributed by atoms with E-state index in [2.05, 4.69) is 20.4 Å². The molecule has 7 nitrogen and oxygen atoms in total. The first kappa shape index (κ1) is 23.2. The van der Waals surface area contributed by atoms with E-state index in [1.165, 1.54) is 23.8 Å². The number of benzene rings is 1. The van der Waals surface area contributed by atoms with Crippen molar-refractivity contribution in [3.63, 3.8) is 0 Å². The number of methoxy groups -OCH3 is 1. The molecule has 4 rings (SSSR count). The van der Waals surface area contributed by atoms with Gasteiger partial charge >= 0.3 is 6.18 Å². The molecule has 3 heterocycles. The summed E-state index contributed by atoms with van der Waals surface area (Å²) in [6, 6.07) is 10.6. The van der Waals surface area contributed by atoms with E-state index in [-0.39, 0.29) is 5.69 Å². The van der Waals surface area contributed by atoms with Crippen molar-refractivity contribution in [2.75, 3.05) is 12.4 Å². The average molecular weight is 469 g/mol. The number of aromatic nitrogens is 4. The highest BCUT2D eigenvalue weighted by Gasteiger charge is 2.35. The van der Waals surface area contributed by atoms with Crippen molar-refractivity contribution in [3.05, 3.63) is 60.4 Å². The number of anilines is 1. The standard InChI is InChI=1S/C24H22F3N5O2/c1-23(2,3)22(33)30-18-12-14(7-8-16(18)24(25,26)27)19-13-32-20(29-19)10-9-17(31-32)15-6-5-11-28-21(15)34-4/h5-13H,1-4H3,(H,30,33). The molecule has 0 radical (unpaired) electrons. The summed E-state index contributed by atoms with van der Waals surface area (Å²) in [7, 11) is 1.51. The second kappa shape index (κ2) is 8.44. The number of halogens is 3. The highest BCUT2D eigenvalue weighted by Crippen LogP contribution is 2.38. The molecule has 34 heavy (non-hydrogen) atoms. The van der Waals surface area contributed by atoms with Crippen molar-refractivity contribution in [2.45, 2.75) is 26.9 Å². The molecule has 0 bridgehead atoms. The third kappa shape index (κ3) is 4.57. The van der Waals surface area contributed by atoms with Crippen LogP contribution in [0.2, 0.25) is 0 Å². The molecule has 3 aromatic heterocycles. The van der Waals surface area contributed by atoms with Gasteiger partial charge < -0.3 is 10.1 Å². The van der Waals surface area contributed by atoms with Crippen molar-refractivity contribution >= 4 is 17.2 Å². The fourth-order valence-corrected chi connectivity index (χ4v) is 3.28. The summed E-state index contributed by atoms with van der Waals surface area (Å²) in [5.74, 6) is -0.112. The van der Waals surface area contributed by atoms with Crippen LogP contribution in [0.1, 0.15) is 26.3 Å². The number of imidazole rings is 1. The van der Waals surface area contributed by atoms with Gasteiger partial charge in [0.15, 0.2) is 5.65 Å². The molecule has 1 amide bonds. The number of pyridine rings is 1. The van der Waals surface area contributed by atoms with Crippen LogP contribution in [0.4, 0.5) is 18.9 Å². The van der Waals surface area contributed by atoms with Gasteiger partial charge in [0.25, 0.3) is 0 Å². The molecular weight excluding hydrogens is 447 g/mol. The van der Waals surface area contributed by atoms with Crippen LogP contribution in [-0.4, -0.2) is 32.6 Å². The van der Waals surface area contributed by atoms with Crippen LogP contribution in [-0.2, 0) is 11.0 Å². The molecule has 0 fully saturated rings. The molecule has 0 unspecified atom stereocenters. The predicted molar refractivity (Wildman–Crippen MR) is 121 cm³/mol. The number of rotatable bonds is 4. The quantitative estimate of drug-likeness (QED) is 0.429. The van der Waals surface area contributed by atoms with Crippen molar-refractivity contribution in [1.82, 2.24) is 19.6 Å². The Morgan fingerprint density at radius 2 is 1.82 bits per heavy atom. The molecule has 0 aliphatic rings. The largest absolute Gasteiger partial charge is 0.481 e. The number of carbonyl (C=O) groups excluding carboxylic acids is 1. The second-order valence-corrected chi connectivity index (χ2v) is 8.67. The predicted octanol–water partition coefficient (Wildman–Crippen LogP) is 5.47. The van der Waals surface area contributed by atoms with E-state index in [0.29, 0.717) is 34.0 Å². The normalized spacial score (nSPS) is 12.1. The van der Waals surface area contributed by atoms with Crippen molar-refractivity contribution in [3.8, 4) is 28.4 Å². The molecule has 0 spiro atoms. The summed E-state index contributed by atoms with van der Waals surface area (Å²) in [6.07, 6.45) is -1.41. The monoisotopic (exact) mass is 469 g/mol. The lowest BCUT2D eigenvalue weighted by molar-refractivity contribution is -0.137. The average Bonchev–Trinajstić information content (AvgIpc) is 3.21. The van der Waals surface area contributed by atoms with Crippen LogP contribution < -0.4 is 10.1 Å². The van der Waals surface area contributed by atoms with Crippen LogP contribution in [0.3, 0.4) is 0 Å². The van der Waals surface area contributed by atoms with Crippen LogP contribution in [0.5, 0.6) is 5.88 Å². The minimum atomic E-state index is -4.63. The number of ether oxygens (including phenoxy) is 1. The Hall–Kier alpha value is -3.95. The number of carbonyl (C=O) groups is 1. The maximum absolute atomic E-state index is 13.6. The van der Waals surface area contributed by atoms with Gasteiger partial charge in [0.05, 0.1) is 41.5 Å². The lowest BCUT2D eigenvalue weighted by Crippen LogP contribution is -2.28. The number of nitrogens with one attached hydrogen (secondary N) is 1. The summed E-state index contributed by atoms with van der Waals surface area (Å²) in [6.45, 7) is 4.88. The number of alkyl halides is 3. The van der Waals surface area contributed by atoms with E-state index < -0.39 is 23.1 Å². The Morgan fingerprint density at radius 3 is 2.50 bits per heavy atom. The van der Waals surface area contributed by atoms with E-state index in [0.717, 1.165) is 6.07 Å². The maximum atomic E-state index is 13.6. The maximum Gasteiger partial charge on any atom is 0.418 e. The lowest BCUT2D eigenvalue weighted by Gasteiger charge is -2.20. The smallest absolute Gasteiger partial charge is 0.418 e. The van der Waals surface area contributed by atoms with Gasteiger partial charge in [0.1, 0.15) is 0 Å². The second-order valence-electron chi connectivity index (χ2n) is 8.67. The summed E-state index contributed by atoms with van der Waals surface area (Å²) >= 11 is 0. The van der Waals surface area contributed by atoms with E-state index >= 15 is 0 Å². The molecule has 1 N–H and O–H groups in total. The van der Waals surface area contributed by atoms with Crippen LogP contribution in [0.15, 0.2) is 54.9 Å². The Balaban J connectivity index is 1.76. The third-order valence-electron chi connectivity index (χ3n) is 5.11. The van der Waals surface area contributed by atoms with Gasteiger partial charge in [-0.1, -0.05) is 26.8 Å². The van der Waals surface area contributed by atoms with Crippen LogP contribution >= 0.6 is 0 Å². The van der Waals surface area contributed by atoms with Crippen molar-refractivity contribution in [2.24, 2.45) is 5.41 Å². The molecule has 0 atom stereocenters. The third-order valence-corrected chi connectivity index (χ3v) is 5.11. The number of hydrogen-bond acceptors (Lipinski definition) is 5. The van der Waals surface area contributed by atoms with Crippen molar-refractivity contribution < 1.29 is 22.7 Å². The molecule has 0 saturated heterocycles. The molecule has 0 saturated carbocycles. The first-order chi connectivity index (χ1) is 16.0. The van der Waals surface area contributed by atoms with E-state index in [1.807, 2.05) is 6.07 Å². The zero-order chi connectivity index (χ0) is 24.7. The summed E-state index contributed by atoms with van der Waals surface area (Å²) in [5, 5.41) is 6.96. The van der Waals surface area contributed by atoms with E-state index in [4.69, 9.17) is 4.74 Å². The number of fused-ring (bicyclic) bond motifs is 1. The minimum Gasteiger partial charge on any atom is -0.481 e. The van der Waals surface area contributed by atoms with Gasteiger partial charge in [0, 0.05) is 17.2 Å². The van der Waals surface area contributed by atoms with Gasteiger partial charge in [-0.3, -0.25) is 4.79 Å². The fourth-order valence-electron chi connectivity index (χ4n) is 3.28. The summed E-state index contributed by atoms with van der Waals surface area (Å²) in [5.41, 5.74) is 0.469. The Kier molecular flexibility index (Phi) is 5.76. The Bertz CT molecular complexity index is 1370. The SMILES string of the molecule is COc1ncccc1-c1ccc2nc(-c3ccc(C(F)(F)F)c(NC(=O)C(C)(C)C)c3)cn2n1. The number of nitrogens with zero attached hydrogens (tertiary/aromatic N) is 4. The molecule has 176 valence electrons. The first-order valence-electron chi connectivity index (χ1n) is 10.4. The van der Waals surface area contributed by atoms with Crippen LogP contribution in [0.25, 0.3) is 28.2 Å². The van der Waals surface area contributed by atoms with E-state index in [1.54, 1.807) is 51.4 Å². The van der Waals surface area contributed by atoms with Gasteiger partial charge in [-0.05, 0) is 36.4 Å². The van der Waals surface area contributed by atoms with Gasteiger partial charge in [0.2, 0.25) is 11.8 Å². The molecule has 10 heteroatoms. The molecule has 4 aromatic rings. The Labute approximate surface area is 193 Å². The Morgan fingerprint density at radius 1 is 1.06 bits per heavy atom. The van der Waals surface area contributed by atoms with Crippen LogP contribution in [0, 0.1) is 5.41 Å². The topological polar surface area (TPSA) is 81.4 Å². The summed E-state index contributed by atoms with van der Waals surface area (Å²) < 4.78 is 47.5. The van der Waals surface area contributed by atoms with E-state index in [9.17, 15) is 18.0 Å². The zero-order valence-electron chi connectivity index (χ0n) is 18.9. The highest BCUT2D eigenvalue weighted by atomic mass is 19.4. The van der Waals surface area contributed by atoms with Gasteiger partial charge in [-0.15, -0.1) is 0 Å². The van der Waals surface area contributed by atoms with Crippen molar-refractivity contribution in [1.29, 1.82) is 0 Å².